The maximum Gasteiger partial charge on any atom is 0.135 e. The molecule has 0 radical (unpaired) electrons. The molecule has 0 fully saturated rings. The van der Waals surface area contributed by atoms with Crippen LogP contribution < -0.4 is 9.47 Å². The predicted octanol–water partition coefficient (Wildman–Crippen LogP) is 8.86. The highest BCUT2D eigenvalue weighted by Gasteiger charge is 2.03. The minimum Gasteiger partial charge on any atom is -0.457 e. The lowest BCUT2D eigenvalue weighted by atomic mass is 10.2. The SMILES string of the molecule is c1ccc(Oc2cccc(Oc3ccccc3)c2)cc1.c1ccc2c(c1)oc1ccccc12. The average molecular weight is 431 g/mol. The van der Waals surface area contributed by atoms with E-state index in [1.54, 1.807) is 0 Å². The van der Waals surface area contributed by atoms with Crippen molar-refractivity contribution < 1.29 is 13.9 Å². The first-order valence-corrected chi connectivity index (χ1v) is 10.8. The molecule has 0 spiro atoms. The van der Waals surface area contributed by atoms with E-state index in [-0.39, 0.29) is 0 Å². The fraction of sp³-hybridized carbons (Fsp3) is 0. The fourth-order valence-corrected chi connectivity index (χ4v) is 3.53. The number of hydrogen-bond donors (Lipinski definition) is 0. The van der Waals surface area contributed by atoms with E-state index in [4.69, 9.17) is 13.9 Å². The van der Waals surface area contributed by atoms with Crippen LogP contribution >= 0.6 is 0 Å². The number of ether oxygens (including phenoxy) is 2. The van der Waals surface area contributed by atoms with Crippen molar-refractivity contribution in [1.82, 2.24) is 0 Å². The van der Waals surface area contributed by atoms with Crippen LogP contribution in [0.4, 0.5) is 0 Å². The summed E-state index contributed by atoms with van der Waals surface area (Å²) in [6.45, 7) is 0. The van der Waals surface area contributed by atoms with Crippen LogP contribution in [0.3, 0.4) is 0 Å². The third kappa shape index (κ3) is 5.05. The third-order valence-corrected chi connectivity index (χ3v) is 5.05. The lowest BCUT2D eigenvalue weighted by molar-refractivity contribution is 0.460. The molecule has 5 aromatic carbocycles. The number of rotatable bonds is 4. The maximum absolute atomic E-state index is 5.78. The lowest BCUT2D eigenvalue weighted by Gasteiger charge is -2.08. The summed E-state index contributed by atoms with van der Waals surface area (Å²) in [5.74, 6) is 3.13. The van der Waals surface area contributed by atoms with Crippen molar-refractivity contribution in [2.45, 2.75) is 0 Å². The van der Waals surface area contributed by atoms with Crippen LogP contribution in [0.1, 0.15) is 0 Å². The van der Waals surface area contributed by atoms with Crippen LogP contribution in [0.25, 0.3) is 21.9 Å². The first-order valence-electron chi connectivity index (χ1n) is 10.8. The molecule has 6 aromatic rings. The molecule has 33 heavy (non-hydrogen) atoms. The van der Waals surface area contributed by atoms with Gasteiger partial charge in [-0.2, -0.15) is 0 Å². The van der Waals surface area contributed by atoms with E-state index in [9.17, 15) is 0 Å². The summed E-state index contributed by atoms with van der Waals surface area (Å²) in [5.41, 5.74) is 1.92. The van der Waals surface area contributed by atoms with Crippen molar-refractivity contribution in [3.05, 3.63) is 133 Å². The average Bonchev–Trinajstić information content (AvgIpc) is 3.25. The van der Waals surface area contributed by atoms with Crippen molar-refractivity contribution in [2.24, 2.45) is 0 Å². The minimum absolute atomic E-state index is 0.754. The Morgan fingerprint density at radius 2 is 0.758 bits per heavy atom. The summed E-state index contributed by atoms with van der Waals surface area (Å²) in [7, 11) is 0. The predicted molar refractivity (Wildman–Crippen MR) is 133 cm³/mol. The monoisotopic (exact) mass is 430 g/mol. The molecule has 0 atom stereocenters. The van der Waals surface area contributed by atoms with Crippen LogP contribution in [0.5, 0.6) is 23.0 Å². The Balaban J connectivity index is 0.000000151. The molecular formula is C30H22O3. The molecule has 0 saturated carbocycles. The topological polar surface area (TPSA) is 31.6 Å². The van der Waals surface area contributed by atoms with E-state index in [0.29, 0.717) is 0 Å². The van der Waals surface area contributed by atoms with Crippen LogP contribution in [0.15, 0.2) is 138 Å². The van der Waals surface area contributed by atoms with Crippen LogP contribution in [0, 0.1) is 0 Å². The van der Waals surface area contributed by atoms with Crippen LogP contribution in [-0.4, -0.2) is 0 Å². The van der Waals surface area contributed by atoms with Gasteiger partial charge in [0.05, 0.1) is 0 Å². The smallest absolute Gasteiger partial charge is 0.135 e. The van der Waals surface area contributed by atoms with Crippen molar-refractivity contribution in [2.75, 3.05) is 0 Å². The second kappa shape index (κ2) is 9.75. The van der Waals surface area contributed by atoms with Gasteiger partial charge in [0.15, 0.2) is 0 Å². The van der Waals surface area contributed by atoms with Crippen molar-refractivity contribution >= 4 is 21.9 Å². The van der Waals surface area contributed by atoms with E-state index >= 15 is 0 Å². The Hall–Kier alpha value is -4.50. The van der Waals surface area contributed by atoms with Gasteiger partial charge in [-0.15, -0.1) is 0 Å². The van der Waals surface area contributed by atoms with Gasteiger partial charge in [-0.05, 0) is 48.5 Å². The molecule has 0 aliphatic heterocycles. The van der Waals surface area contributed by atoms with E-state index < -0.39 is 0 Å². The van der Waals surface area contributed by atoms with E-state index in [1.165, 1.54) is 10.8 Å². The third-order valence-electron chi connectivity index (χ3n) is 5.05. The molecule has 0 aliphatic carbocycles. The Bertz CT molecular complexity index is 1350. The summed E-state index contributed by atoms with van der Waals surface area (Å²) in [4.78, 5) is 0. The number of hydrogen-bond acceptors (Lipinski definition) is 3. The Morgan fingerprint density at radius 1 is 0.364 bits per heavy atom. The van der Waals surface area contributed by atoms with Gasteiger partial charge in [0.25, 0.3) is 0 Å². The fourth-order valence-electron chi connectivity index (χ4n) is 3.53. The Kier molecular flexibility index (Phi) is 6.03. The zero-order chi connectivity index (χ0) is 22.3. The highest BCUT2D eigenvalue weighted by atomic mass is 16.5. The molecule has 3 nitrogen and oxygen atoms in total. The molecule has 0 saturated heterocycles. The molecule has 1 aromatic heterocycles. The summed E-state index contributed by atoms with van der Waals surface area (Å²) in [5, 5.41) is 2.39. The maximum atomic E-state index is 5.78. The number of benzene rings is 5. The zero-order valence-corrected chi connectivity index (χ0v) is 17.9. The van der Waals surface area contributed by atoms with Crippen molar-refractivity contribution in [3.63, 3.8) is 0 Å². The molecular weight excluding hydrogens is 408 g/mol. The minimum atomic E-state index is 0.754. The normalized spacial score (nSPS) is 10.4. The second-order valence-electron chi connectivity index (χ2n) is 7.40. The van der Waals surface area contributed by atoms with E-state index in [0.717, 1.165) is 34.2 Å². The van der Waals surface area contributed by atoms with E-state index in [1.807, 2.05) is 121 Å². The molecule has 0 N–H and O–H groups in total. The summed E-state index contributed by atoms with van der Waals surface area (Å²) in [6, 6.07) is 43.2. The van der Waals surface area contributed by atoms with Gasteiger partial charge in [0, 0.05) is 16.8 Å². The van der Waals surface area contributed by atoms with Gasteiger partial charge < -0.3 is 13.9 Å². The lowest BCUT2D eigenvalue weighted by Crippen LogP contribution is -1.86. The molecule has 6 rings (SSSR count). The van der Waals surface area contributed by atoms with Crippen LogP contribution in [-0.2, 0) is 0 Å². The van der Waals surface area contributed by atoms with Gasteiger partial charge in [0.1, 0.15) is 34.2 Å². The quantitative estimate of drug-likeness (QED) is 0.280. The Morgan fingerprint density at radius 3 is 1.24 bits per heavy atom. The molecule has 1 heterocycles. The molecule has 0 unspecified atom stereocenters. The number of fused-ring (bicyclic) bond motifs is 3. The Labute approximate surface area is 192 Å². The molecule has 0 aliphatic rings. The van der Waals surface area contributed by atoms with Crippen molar-refractivity contribution in [3.8, 4) is 23.0 Å². The summed E-state index contributed by atoms with van der Waals surface area (Å²) >= 11 is 0. The first kappa shape index (κ1) is 20.4. The van der Waals surface area contributed by atoms with Gasteiger partial charge >= 0.3 is 0 Å². The standard InChI is InChI=1S/C18H14O2.C12H8O/c1-3-8-15(9-4-1)19-17-12-7-13-18(14-17)20-16-10-5-2-6-11-16;1-3-7-11-9(5-1)10-6-2-4-8-12(10)13-11/h1-14H;1-8H. The number of para-hydroxylation sites is 4. The van der Waals surface area contributed by atoms with Gasteiger partial charge in [-0.3, -0.25) is 0 Å². The largest absolute Gasteiger partial charge is 0.457 e. The molecule has 0 amide bonds. The second-order valence-corrected chi connectivity index (χ2v) is 7.40. The van der Waals surface area contributed by atoms with E-state index in [2.05, 4.69) is 12.1 Å². The number of furan rings is 1. The van der Waals surface area contributed by atoms with Crippen molar-refractivity contribution in [1.29, 1.82) is 0 Å². The van der Waals surface area contributed by atoms with Gasteiger partial charge in [-0.1, -0.05) is 78.9 Å². The van der Waals surface area contributed by atoms with Gasteiger partial charge in [-0.25, -0.2) is 0 Å². The van der Waals surface area contributed by atoms with Crippen LogP contribution in [0.2, 0.25) is 0 Å². The van der Waals surface area contributed by atoms with Gasteiger partial charge in [0.2, 0.25) is 0 Å². The summed E-state index contributed by atoms with van der Waals surface area (Å²) in [6.07, 6.45) is 0. The first-order chi connectivity index (χ1) is 16.3. The molecule has 3 heteroatoms. The zero-order valence-electron chi connectivity index (χ0n) is 17.9. The summed E-state index contributed by atoms with van der Waals surface area (Å²) < 4.78 is 17.2. The molecule has 0 bridgehead atoms. The highest BCUT2D eigenvalue weighted by molar-refractivity contribution is 6.04. The highest BCUT2D eigenvalue weighted by Crippen LogP contribution is 2.29. The molecule has 160 valence electrons.